The molecule has 2 heterocycles. The molecule has 0 bridgehead atoms. The molecule has 1 atom stereocenters. The molecule has 0 amide bonds. The van der Waals surface area contributed by atoms with Gasteiger partial charge in [-0.05, 0) is 11.6 Å². The molecule has 4 nitrogen and oxygen atoms in total. The number of para-hydroxylation sites is 1. The molecule has 0 fully saturated rings. The second-order valence-electron chi connectivity index (χ2n) is 3.75. The normalized spacial score (nSPS) is 25.6. The number of benzene rings is 1. The van der Waals surface area contributed by atoms with Crippen LogP contribution < -0.4 is 4.74 Å². The summed E-state index contributed by atoms with van der Waals surface area (Å²) < 4.78 is 10.3. The van der Waals surface area contributed by atoms with Crippen molar-refractivity contribution in [3.05, 3.63) is 29.8 Å². The van der Waals surface area contributed by atoms with E-state index in [2.05, 4.69) is 4.99 Å². The van der Waals surface area contributed by atoms with Crippen LogP contribution >= 0.6 is 0 Å². The summed E-state index contributed by atoms with van der Waals surface area (Å²) in [7, 11) is 0. The van der Waals surface area contributed by atoms with Crippen LogP contribution in [0, 0.1) is 0 Å². The molecule has 2 aliphatic heterocycles. The van der Waals surface area contributed by atoms with Gasteiger partial charge in [-0.15, -0.1) is 0 Å². The Morgan fingerprint density at radius 3 is 2.88 bits per heavy atom. The molecular weight excluding hydrogens is 401 g/mol. The molecule has 5 heteroatoms. The second kappa shape index (κ2) is 4.16. The fourth-order valence-electron chi connectivity index (χ4n) is 1.89. The van der Waals surface area contributed by atoms with E-state index in [-0.39, 0.29) is 39.9 Å². The van der Waals surface area contributed by atoms with Gasteiger partial charge in [-0.2, -0.15) is 0 Å². The van der Waals surface area contributed by atoms with Gasteiger partial charge in [0.25, 0.3) is 0 Å². The monoisotopic (exact) mass is 413 g/mol. The fourth-order valence-corrected chi connectivity index (χ4v) is 1.89. The molecule has 2 radical (unpaired) electrons. The van der Waals surface area contributed by atoms with Crippen molar-refractivity contribution in [2.75, 3.05) is 6.61 Å². The van der Waals surface area contributed by atoms with Crippen molar-refractivity contribution in [1.29, 1.82) is 0 Å². The van der Waals surface area contributed by atoms with Gasteiger partial charge >= 0.3 is 33.3 Å². The Kier molecular flexibility index (Phi) is 3.00. The van der Waals surface area contributed by atoms with Crippen LogP contribution in [0.25, 0.3) is 0 Å². The number of carbonyl (C=O) groups excluding carboxylic acids is 1. The summed E-state index contributed by atoms with van der Waals surface area (Å²) in [5.41, 5.74) is 0.161. The Morgan fingerprint density at radius 1 is 1.31 bits per heavy atom. The summed E-state index contributed by atoms with van der Waals surface area (Å²) in [5, 5.41) is 0. The first kappa shape index (κ1) is 11.6. The second-order valence-corrected chi connectivity index (χ2v) is 3.75. The van der Waals surface area contributed by atoms with Crippen LogP contribution in [0.4, 0.5) is 0 Å². The van der Waals surface area contributed by atoms with E-state index in [1.165, 1.54) is 6.40 Å². The third-order valence-corrected chi connectivity index (χ3v) is 2.73. The van der Waals surface area contributed by atoms with Crippen LogP contribution in [0.5, 0.6) is 5.75 Å². The number of hydrogen-bond donors (Lipinski definition) is 0. The molecular formula is C11H11NO3Pb. The van der Waals surface area contributed by atoms with Crippen molar-refractivity contribution in [2.45, 2.75) is 12.0 Å². The zero-order chi connectivity index (χ0) is 10.3. The minimum atomic E-state index is -0.839. The molecule has 1 unspecified atom stereocenters. The first-order chi connectivity index (χ1) is 7.30. The van der Waals surface area contributed by atoms with E-state index in [0.717, 1.165) is 5.56 Å². The maximum atomic E-state index is 11.8. The molecule has 2 aliphatic rings. The molecule has 0 aromatic heterocycles. The molecule has 1 aromatic carbocycles. The molecule has 1 aromatic rings. The number of fused-ring (bicyclic) bond motifs is 1. The van der Waals surface area contributed by atoms with Crippen molar-refractivity contribution < 1.29 is 14.3 Å². The van der Waals surface area contributed by atoms with E-state index >= 15 is 0 Å². The van der Waals surface area contributed by atoms with Crippen molar-refractivity contribution in [3.8, 4) is 5.75 Å². The first-order valence-corrected chi connectivity index (χ1v) is 4.76. The number of rotatable bonds is 0. The van der Waals surface area contributed by atoms with Crippen molar-refractivity contribution >= 4 is 39.7 Å². The van der Waals surface area contributed by atoms with Gasteiger partial charge in [0.2, 0.25) is 0 Å². The number of carbonyl (C=O) groups is 1. The molecule has 1 spiro atoms. The number of ether oxygens (including phenoxy) is 2. The van der Waals surface area contributed by atoms with Crippen molar-refractivity contribution in [2.24, 2.45) is 4.99 Å². The standard InChI is InChI=1S/C11H9NO3.Pb.2H/c13-10-11(6-14-7-12-11)5-8-3-1-2-4-9(8)15-10;;;/h1-4,7H,5-6H2;;;. The van der Waals surface area contributed by atoms with Gasteiger partial charge in [0, 0.05) is 6.42 Å². The van der Waals surface area contributed by atoms with Gasteiger partial charge in [0.1, 0.15) is 12.4 Å². The first-order valence-electron chi connectivity index (χ1n) is 4.76. The topological polar surface area (TPSA) is 47.9 Å². The third kappa shape index (κ3) is 1.64. The van der Waals surface area contributed by atoms with E-state index in [1.807, 2.05) is 18.2 Å². The van der Waals surface area contributed by atoms with Crippen LogP contribution in [0.15, 0.2) is 29.3 Å². The summed E-state index contributed by atoms with van der Waals surface area (Å²) >= 11 is 0. The number of hydrogen-bond acceptors (Lipinski definition) is 4. The van der Waals surface area contributed by atoms with Crippen LogP contribution in [0.3, 0.4) is 0 Å². The van der Waals surface area contributed by atoms with Gasteiger partial charge in [-0.3, -0.25) is 0 Å². The molecule has 0 N–H and O–H groups in total. The Labute approximate surface area is 113 Å². The van der Waals surface area contributed by atoms with E-state index in [0.29, 0.717) is 12.2 Å². The Bertz CT molecular complexity index is 460. The van der Waals surface area contributed by atoms with Crippen molar-refractivity contribution in [1.82, 2.24) is 0 Å². The molecule has 0 saturated heterocycles. The predicted molar refractivity (Wildman–Crippen MR) is 61.5 cm³/mol. The van der Waals surface area contributed by atoms with E-state index in [1.54, 1.807) is 6.07 Å². The summed E-state index contributed by atoms with van der Waals surface area (Å²) in [6.07, 6.45) is 1.88. The quantitative estimate of drug-likeness (QED) is 0.343. The summed E-state index contributed by atoms with van der Waals surface area (Å²) in [4.78, 5) is 15.8. The zero-order valence-electron chi connectivity index (χ0n) is 8.68. The van der Waals surface area contributed by atoms with Gasteiger partial charge < -0.3 is 9.47 Å². The third-order valence-electron chi connectivity index (χ3n) is 2.73. The molecule has 0 aliphatic carbocycles. The molecule has 3 rings (SSSR count). The average Bonchev–Trinajstić information content (AvgIpc) is 2.70. The van der Waals surface area contributed by atoms with Crippen LogP contribution in [-0.4, -0.2) is 51.8 Å². The van der Waals surface area contributed by atoms with Gasteiger partial charge in [-0.1, -0.05) is 18.2 Å². The Hall–Kier alpha value is -0.918. The van der Waals surface area contributed by atoms with Crippen LogP contribution in [-0.2, 0) is 16.0 Å². The molecule has 82 valence electrons. The SMILES string of the molecule is O=C1Oc2ccccc2CC12COC=N2.[PbH2]. The minimum absolute atomic E-state index is 0. The summed E-state index contributed by atoms with van der Waals surface area (Å²) in [6.45, 7) is 0.278. The average molecular weight is 412 g/mol. The van der Waals surface area contributed by atoms with Gasteiger partial charge in [0.15, 0.2) is 11.9 Å². The van der Waals surface area contributed by atoms with E-state index in [9.17, 15) is 4.79 Å². The predicted octanol–water partition coefficient (Wildman–Crippen LogP) is 0.0292. The van der Waals surface area contributed by atoms with Crippen LogP contribution in [0.2, 0.25) is 0 Å². The fraction of sp³-hybridized carbons (Fsp3) is 0.273. The molecule has 0 saturated carbocycles. The summed E-state index contributed by atoms with van der Waals surface area (Å²) in [6, 6.07) is 7.50. The number of esters is 1. The van der Waals surface area contributed by atoms with Crippen LogP contribution in [0.1, 0.15) is 5.56 Å². The number of aliphatic imine (C=N–C) groups is 1. The maximum absolute atomic E-state index is 11.8. The van der Waals surface area contributed by atoms with Gasteiger partial charge in [0.05, 0.1) is 0 Å². The number of nitrogens with zero attached hydrogens (tertiary/aromatic N) is 1. The molecule has 16 heavy (non-hydrogen) atoms. The summed E-state index contributed by atoms with van der Waals surface area (Å²) in [5.74, 6) is 0.310. The zero-order valence-corrected chi connectivity index (χ0v) is 14.2. The van der Waals surface area contributed by atoms with Gasteiger partial charge in [-0.25, -0.2) is 9.79 Å². The Morgan fingerprint density at radius 2 is 2.12 bits per heavy atom. The van der Waals surface area contributed by atoms with E-state index in [4.69, 9.17) is 9.47 Å². The Balaban J connectivity index is 0.000000963. The van der Waals surface area contributed by atoms with Crippen molar-refractivity contribution in [3.63, 3.8) is 0 Å². The van der Waals surface area contributed by atoms with E-state index < -0.39 is 5.54 Å².